The van der Waals surface area contributed by atoms with E-state index >= 15 is 0 Å². The fraction of sp³-hybridized carbons (Fsp3) is 0.542. The van der Waals surface area contributed by atoms with E-state index in [0.717, 1.165) is 37.8 Å². The van der Waals surface area contributed by atoms with Gasteiger partial charge in [-0.15, -0.1) is 11.3 Å². The second-order valence-electron chi connectivity index (χ2n) is 10.1. The molecule has 2 atom stereocenters. The molecular formula is C24H27N3O5S. The van der Waals surface area contributed by atoms with Crippen LogP contribution < -0.4 is 24.8 Å². The van der Waals surface area contributed by atoms with Gasteiger partial charge in [0, 0.05) is 28.2 Å². The Hall–Kier alpha value is -2.81. The number of rotatable bonds is 4. The van der Waals surface area contributed by atoms with E-state index in [1.807, 2.05) is 24.4 Å². The minimum Gasteiger partial charge on any atom is -0.485 e. The van der Waals surface area contributed by atoms with Crippen molar-refractivity contribution in [1.29, 1.82) is 0 Å². The van der Waals surface area contributed by atoms with Gasteiger partial charge in [-0.1, -0.05) is 6.07 Å². The first-order valence-electron chi connectivity index (χ1n) is 11.5. The van der Waals surface area contributed by atoms with Crippen molar-refractivity contribution in [2.45, 2.75) is 56.5 Å². The van der Waals surface area contributed by atoms with Crippen molar-refractivity contribution in [3.8, 4) is 17.4 Å². The van der Waals surface area contributed by atoms with Crippen molar-refractivity contribution >= 4 is 23.3 Å². The van der Waals surface area contributed by atoms with Crippen molar-refractivity contribution in [3.05, 3.63) is 34.2 Å². The highest BCUT2D eigenvalue weighted by molar-refractivity contribution is 7.12. The molecule has 0 aromatic carbocycles. The first-order valence-corrected chi connectivity index (χ1v) is 12.4. The molecule has 2 unspecified atom stereocenters. The number of nitrogens with zero attached hydrogens (tertiary/aromatic N) is 1. The lowest BCUT2D eigenvalue weighted by atomic mass is 9.50. The third-order valence-corrected chi connectivity index (χ3v) is 8.31. The molecule has 0 saturated heterocycles. The highest BCUT2D eigenvalue weighted by Crippen LogP contribution is 2.57. The second-order valence-corrected chi connectivity index (χ2v) is 10.9. The predicted molar refractivity (Wildman–Crippen MR) is 121 cm³/mol. The Labute approximate surface area is 196 Å². The molecule has 9 heteroatoms. The molecule has 4 fully saturated rings. The zero-order chi connectivity index (χ0) is 22.6. The zero-order valence-corrected chi connectivity index (χ0v) is 19.3. The van der Waals surface area contributed by atoms with E-state index in [0.29, 0.717) is 53.7 Å². The quantitative estimate of drug-likeness (QED) is 0.706. The number of carbonyl (C=O) groups excluding carboxylic acids is 2. The molecule has 5 aliphatic rings. The van der Waals surface area contributed by atoms with E-state index in [9.17, 15) is 9.59 Å². The van der Waals surface area contributed by atoms with Gasteiger partial charge in [-0.25, -0.2) is 9.78 Å². The summed E-state index contributed by atoms with van der Waals surface area (Å²) in [5, 5.41) is 8.38. The highest BCUT2D eigenvalue weighted by Gasteiger charge is 2.59. The molecule has 174 valence electrons. The normalized spacial score (nSPS) is 31.2. The average molecular weight is 470 g/mol. The van der Waals surface area contributed by atoms with Gasteiger partial charge in [-0.2, -0.15) is 0 Å². The van der Waals surface area contributed by atoms with Crippen molar-refractivity contribution in [2.24, 2.45) is 11.8 Å². The molecule has 2 N–H and O–H groups in total. The number of amides is 2. The van der Waals surface area contributed by atoms with Gasteiger partial charge < -0.3 is 24.8 Å². The van der Waals surface area contributed by atoms with E-state index in [1.165, 1.54) is 11.3 Å². The number of aromatic nitrogens is 1. The lowest BCUT2D eigenvalue weighted by molar-refractivity contribution is -0.0449. The molecule has 4 bridgehead atoms. The molecule has 2 amide bonds. The summed E-state index contributed by atoms with van der Waals surface area (Å²) >= 11 is 1.36. The Kier molecular flexibility index (Phi) is 4.79. The molecule has 4 saturated carbocycles. The number of fused-ring (bicyclic) bond motifs is 1. The lowest BCUT2D eigenvalue weighted by Gasteiger charge is -2.62. The summed E-state index contributed by atoms with van der Waals surface area (Å²) < 4.78 is 16.8. The number of aryl methyl sites for hydroxylation is 1. The number of hydrogen-bond donors (Lipinski definition) is 2. The zero-order valence-electron chi connectivity index (χ0n) is 18.5. The number of carbonyl (C=O) groups is 2. The van der Waals surface area contributed by atoms with E-state index < -0.39 is 6.09 Å². The van der Waals surface area contributed by atoms with Gasteiger partial charge in [-0.05, 0) is 63.4 Å². The van der Waals surface area contributed by atoms with Crippen LogP contribution in [0, 0.1) is 18.8 Å². The molecule has 0 radical (unpaired) electrons. The minimum atomic E-state index is -0.477. The fourth-order valence-electron chi connectivity index (χ4n) is 6.78. The molecular weight excluding hydrogens is 442 g/mol. The summed E-state index contributed by atoms with van der Waals surface area (Å²) in [5.41, 5.74) is 0.0942. The lowest BCUT2D eigenvalue weighted by Crippen LogP contribution is -2.70. The Morgan fingerprint density at radius 1 is 1.09 bits per heavy atom. The van der Waals surface area contributed by atoms with Crippen molar-refractivity contribution in [2.75, 3.05) is 13.2 Å². The second kappa shape index (κ2) is 7.62. The van der Waals surface area contributed by atoms with Gasteiger partial charge in [-0.3, -0.25) is 4.79 Å². The SMILES string of the molecule is Cc1cccc(OC(=O)NC23CC4CC(C2)CC(NC(=O)c2scc5c2OCCO5)(C4)C3)n1. The number of thiophene rings is 1. The summed E-state index contributed by atoms with van der Waals surface area (Å²) in [6.07, 6.45) is 5.11. The number of hydrogen-bond acceptors (Lipinski definition) is 7. The molecule has 0 spiro atoms. The van der Waals surface area contributed by atoms with Gasteiger partial charge in [0.2, 0.25) is 5.88 Å². The van der Waals surface area contributed by atoms with Crippen LogP contribution >= 0.6 is 11.3 Å². The van der Waals surface area contributed by atoms with Crippen LogP contribution in [0.15, 0.2) is 23.6 Å². The van der Waals surface area contributed by atoms with Gasteiger partial charge in [0.25, 0.3) is 5.91 Å². The standard InChI is InChI=1S/C24H27N3O5S/c1-14-3-2-4-18(25-14)32-22(29)27-24-10-15-7-16(11-24)9-23(8-15,13-24)26-21(28)20-19-17(12-33-20)30-5-6-31-19/h2-4,12,15-16H,5-11,13H2,1H3,(H,26,28)(H,27,29). The van der Waals surface area contributed by atoms with Gasteiger partial charge in [0.05, 0.1) is 0 Å². The summed E-state index contributed by atoms with van der Waals surface area (Å²) in [7, 11) is 0. The van der Waals surface area contributed by atoms with Crippen molar-refractivity contribution < 1.29 is 23.8 Å². The van der Waals surface area contributed by atoms with E-state index in [-0.39, 0.29) is 17.0 Å². The predicted octanol–water partition coefficient (Wildman–Crippen LogP) is 3.83. The molecule has 7 rings (SSSR count). The van der Waals surface area contributed by atoms with Crippen LogP contribution in [0.2, 0.25) is 0 Å². The van der Waals surface area contributed by atoms with Gasteiger partial charge >= 0.3 is 6.09 Å². The van der Waals surface area contributed by atoms with Crippen LogP contribution in [0.25, 0.3) is 0 Å². The number of pyridine rings is 1. The largest absolute Gasteiger partial charge is 0.485 e. The first-order chi connectivity index (χ1) is 15.9. The molecule has 2 aromatic rings. The van der Waals surface area contributed by atoms with Crippen LogP contribution in [-0.2, 0) is 0 Å². The van der Waals surface area contributed by atoms with Crippen LogP contribution in [0.1, 0.15) is 53.9 Å². The van der Waals surface area contributed by atoms with E-state index in [4.69, 9.17) is 14.2 Å². The van der Waals surface area contributed by atoms with Crippen LogP contribution in [0.5, 0.6) is 17.4 Å². The highest BCUT2D eigenvalue weighted by atomic mass is 32.1. The van der Waals surface area contributed by atoms with Gasteiger partial charge in [0.1, 0.15) is 18.1 Å². The molecule has 33 heavy (non-hydrogen) atoms. The molecule has 1 aliphatic heterocycles. The van der Waals surface area contributed by atoms with Crippen LogP contribution in [0.4, 0.5) is 4.79 Å². The fourth-order valence-corrected chi connectivity index (χ4v) is 7.61. The molecule has 4 aliphatic carbocycles. The topological polar surface area (TPSA) is 98.8 Å². The smallest absolute Gasteiger partial charge is 0.414 e. The van der Waals surface area contributed by atoms with Crippen LogP contribution in [0.3, 0.4) is 0 Å². The van der Waals surface area contributed by atoms with Gasteiger partial charge in [0.15, 0.2) is 11.5 Å². The summed E-state index contributed by atoms with van der Waals surface area (Å²) in [4.78, 5) is 30.9. The molecule has 3 heterocycles. The van der Waals surface area contributed by atoms with Crippen molar-refractivity contribution in [1.82, 2.24) is 15.6 Å². The van der Waals surface area contributed by atoms with Crippen LogP contribution in [-0.4, -0.2) is 41.3 Å². The summed E-state index contributed by atoms with van der Waals surface area (Å²) in [6, 6.07) is 5.36. The monoisotopic (exact) mass is 469 g/mol. The first kappa shape index (κ1) is 20.8. The Morgan fingerprint density at radius 2 is 1.82 bits per heavy atom. The summed E-state index contributed by atoms with van der Waals surface area (Å²) in [5.74, 6) is 2.32. The number of nitrogens with one attached hydrogen (secondary N) is 2. The summed E-state index contributed by atoms with van der Waals surface area (Å²) in [6.45, 7) is 2.81. The maximum atomic E-state index is 13.3. The van der Waals surface area contributed by atoms with E-state index in [1.54, 1.807) is 6.07 Å². The maximum Gasteiger partial charge on any atom is 0.414 e. The third kappa shape index (κ3) is 3.82. The Balaban J connectivity index is 1.20. The Bertz CT molecular complexity index is 1100. The molecule has 2 aromatic heterocycles. The van der Waals surface area contributed by atoms with Crippen molar-refractivity contribution in [3.63, 3.8) is 0 Å². The third-order valence-electron chi connectivity index (χ3n) is 7.37. The van der Waals surface area contributed by atoms with E-state index in [2.05, 4.69) is 15.6 Å². The maximum absolute atomic E-state index is 13.3. The Morgan fingerprint density at radius 3 is 2.58 bits per heavy atom. The minimum absolute atomic E-state index is 0.115. The average Bonchev–Trinajstić information content (AvgIpc) is 3.16. The number of ether oxygens (including phenoxy) is 3. The molecule has 8 nitrogen and oxygen atoms in total.